The number of halogens is 1. The summed E-state index contributed by atoms with van der Waals surface area (Å²) in [6, 6.07) is 23.6. The second-order valence-corrected chi connectivity index (χ2v) is 7.02. The van der Waals surface area contributed by atoms with Crippen molar-refractivity contribution in [2.24, 2.45) is 0 Å². The molecule has 27 heavy (non-hydrogen) atoms. The van der Waals surface area contributed by atoms with Gasteiger partial charge in [0.25, 0.3) is 5.91 Å². The molecular weight excluding hydrogens is 358 g/mol. The Balaban J connectivity index is 1.77. The van der Waals surface area contributed by atoms with E-state index >= 15 is 0 Å². The van der Waals surface area contributed by atoms with E-state index in [1.165, 1.54) is 11.1 Å². The molecule has 0 saturated carbocycles. The smallest absolute Gasteiger partial charge is 0.254 e. The zero-order valence-corrected chi connectivity index (χ0v) is 15.8. The number of carbonyl (C=O) groups excluding carboxylic acids is 1. The number of amides is 1. The lowest BCUT2D eigenvalue weighted by molar-refractivity contribution is 0.0694. The maximum atomic E-state index is 13.4. The fourth-order valence-electron chi connectivity index (χ4n) is 3.75. The molecule has 0 radical (unpaired) electrons. The number of ether oxygens (including phenoxy) is 1. The van der Waals surface area contributed by atoms with E-state index in [0.717, 1.165) is 12.0 Å². The number of rotatable bonds is 3. The second kappa shape index (κ2) is 7.45. The van der Waals surface area contributed by atoms with Crippen LogP contribution in [-0.4, -0.2) is 24.5 Å². The summed E-state index contributed by atoms with van der Waals surface area (Å²) in [6.07, 6.45) is 0.842. The van der Waals surface area contributed by atoms with Gasteiger partial charge >= 0.3 is 0 Å². The van der Waals surface area contributed by atoms with E-state index in [1.54, 1.807) is 25.3 Å². The largest absolute Gasteiger partial charge is 0.495 e. The molecule has 0 saturated heterocycles. The zero-order valence-electron chi connectivity index (χ0n) is 15.1. The monoisotopic (exact) mass is 377 g/mol. The molecule has 3 aromatic rings. The highest BCUT2D eigenvalue weighted by atomic mass is 35.5. The van der Waals surface area contributed by atoms with Crippen molar-refractivity contribution in [1.82, 2.24) is 4.90 Å². The van der Waals surface area contributed by atoms with Gasteiger partial charge in [0.2, 0.25) is 0 Å². The van der Waals surface area contributed by atoms with Crippen LogP contribution in [0.1, 0.15) is 33.1 Å². The first-order chi connectivity index (χ1) is 13.2. The van der Waals surface area contributed by atoms with Gasteiger partial charge in [0.1, 0.15) is 5.75 Å². The Hall–Kier alpha value is -2.78. The Labute approximate surface area is 164 Å². The van der Waals surface area contributed by atoms with Gasteiger partial charge < -0.3 is 9.64 Å². The molecule has 3 nitrogen and oxygen atoms in total. The van der Waals surface area contributed by atoms with E-state index in [4.69, 9.17) is 16.3 Å². The van der Waals surface area contributed by atoms with Gasteiger partial charge in [0.05, 0.1) is 18.2 Å². The van der Waals surface area contributed by atoms with Crippen LogP contribution in [0, 0.1) is 0 Å². The highest BCUT2D eigenvalue weighted by Gasteiger charge is 2.32. The van der Waals surface area contributed by atoms with Crippen LogP contribution >= 0.6 is 11.6 Å². The molecule has 0 unspecified atom stereocenters. The summed E-state index contributed by atoms with van der Waals surface area (Å²) >= 11 is 6.25. The van der Waals surface area contributed by atoms with E-state index in [1.807, 2.05) is 29.2 Å². The van der Waals surface area contributed by atoms with Crippen LogP contribution in [0.4, 0.5) is 0 Å². The van der Waals surface area contributed by atoms with Crippen LogP contribution in [0.3, 0.4) is 0 Å². The van der Waals surface area contributed by atoms with Gasteiger partial charge in [-0.15, -0.1) is 0 Å². The minimum Gasteiger partial charge on any atom is -0.495 e. The molecule has 1 heterocycles. The van der Waals surface area contributed by atoms with E-state index in [-0.39, 0.29) is 11.9 Å². The topological polar surface area (TPSA) is 29.5 Å². The van der Waals surface area contributed by atoms with Gasteiger partial charge in [-0.25, -0.2) is 0 Å². The second-order valence-electron chi connectivity index (χ2n) is 6.61. The number of hydrogen-bond acceptors (Lipinski definition) is 2. The average Bonchev–Trinajstić information content (AvgIpc) is 2.73. The SMILES string of the molecule is COc1ccc(C(=O)N2CCc3ccccc3[C@@H]2c2ccccc2)cc1Cl. The predicted octanol–water partition coefficient (Wildman–Crippen LogP) is 5.14. The highest BCUT2D eigenvalue weighted by molar-refractivity contribution is 6.32. The number of carbonyl (C=O) groups is 1. The molecule has 0 spiro atoms. The molecule has 4 rings (SSSR count). The number of fused-ring (bicyclic) bond motifs is 1. The molecule has 1 atom stereocenters. The Morgan fingerprint density at radius 1 is 1.04 bits per heavy atom. The van der Waals surface area contributed by atoms with E-state index in [2.05, 4.69) is 30.3 Å². The number of benzene rings is 3. The Morgan fingerprint density at radius 3 is 2.52 bits per heavy atom. The normalized spacial score (nSPS) is 15.9. The molecule has 1 aliphatic heterocycles. The number of hydrogen-bond donors (Lipinski definition) is 0. The van der Waals surface area contributed by atoms with Gasteiger partial charge in [0, 0.05) is 12.1 Å². The van der Waals surface area contributed by atoms with Crippen molar-refractivity contribution in [3.63, 3.8) is 0 Å². The van der Waals surface area contributed by atoms with Crippen molar-refractivity contribution >= 4 is 17.5 Å². The van der Waals surface area contributed by atoms with Crippen LogP contribution in [0.15, 0.2) is 72.8 Å². The molecule has 4 heteroatoms. The van der Waals surface area contributed by atoms with Gasteiger partial charge in [-0.1, -0.05) is 66.2 Å². The van der Waals surface area contributed by atoms with Crippen molar-refractivity contribution in [2.75, 3.05) is 13.7 Å². The summed E-state index contributed by atoms with van der Waals surface area (Å²) in [4.78, 5) is 15.3. The quantitative estimate of drug-likeness (QED) is 0.632. The highest BCUT2D eigenvalue weighted by Crippen LogP contribution is 2.36. The Bertz CT molecular complexity index is 971. The lowest BCUT2D eigenvalue weighted by Crippen LogP contribution is -2.40. The molecule has 0 bridgehead atoms. The molecule has 0 fully saturated rings. The zero-order chi connectivity index (χ0) is 18.8. The number of methoxy groups -OCH3 is 1. The minimum atomic E-state index is -0.107. The van der Waals surface area contributed by atoms with Crippen molar-refractivity contribution in [1.29, 1.82) is 0 Å². The number of nitrogens with zero attached hydrogens (tertiary/aromatic N) is 1. The molecule has 3 aromatic carbocycles. The third-order valence-electron chi connectivity index (χ3n) is 5.06. The molecule has 0 N–H and O–H groups in total. The first kappa shape index (κ1) is 17.6. The summed E-state index contributed by atoms with van der Waals surface area (Å²) in [5, 5.41) is 0.442. The molecule has 136 valence electrons. The van der Waals surface area contributed by atoms with Crippen molar-refractivity contribution in [2.45, 2.75) is 12.5 Å². The van der Waals surface area contributed by atoms with E-state index < -0.39 is 0 Å². The van der Waals surface area contributed by atoms with E-state index in [0.29, 0.717) is 22.9 Å². The minimum absolute atomic E-state index is 0.0251. The van der Waals surface area contributed by atoms with Crippen molar-refractivity contribution in [3.05, 3.63) is 100 Å². The van der Waals surface area contributed by atoms with Crippen LogP contribution in [0.2, 0.25) is 5.02 Å². The lowest BCUT2D eigenvalue weighted by atomic mass is 9.88. The van der Waals surface area contributed by atoms with E-state index in [9.17, 15) is 4.79 Å². The van der Waals surface area contributed by atoms with Crippen molar-refractivity contribution in [3.8, 4) is 5.75 Å². The molecule has 0 aromatic heterocycles. The average molecular weight is 378 g/mol. The first-order valence-corrected chi connectivity index (χ1v) is 9.34. The van der Waals surface area contributed by atoms with Gasteiger partial charge in [-0.3, -0.25) is 4.79 Å². The summed E-state index contributed by atoms with van der Waals surface area (Å²) in [7, 11) is 1.57. The van der Waals surface area contributed by atoms with Gasteiger partial charge in [0.15, 0.2) is 0 Å². The standard InChI is InChI=1S/C23H20ClNO2/c1-27-21-12-11-18(15-20(21)24)23(26)25-14-13-16-7-5-6-10-19(16)22(25)17-8-3-2-4-9-17/h2-12,15,22H,13-14H2,1H3/t22-/m0/s1. The van der Waals surface area contributed by atoms with Crippen LogP contribution < -0.4 is 4.74 Å². The Kier molecular flexibility index (Phi) is 4.87. The lowest BCUT2D eigenvalue weighted by Gasteiger charge is -2.38. The summed E-state index contributed by atoms with van der Waals surface area (Å²) in [6.45, 7) is 0.666. The summed E-state index contributed by atoms with van der Waals surface area (Å²) < 4.78 is 5.21. The maximum absolute atomic E-state index is 13.4. The summed E-state index contributed by atoms with van der Waals surface area (Å²) in [5.41, 5.74) is 4.16. The summed E-state index contributed by atoms with van der Waals surface area (Å²) in [5.74, 6) is 0.541. The van der Waals surface area contributed by atoms with Gasteiger partial charge in [-0.2, -0.15) is 0 Å². The third-order valence-corrected chi connectivity index (χ3v) is 5.35. The fraction of sp³-hybridized carbons (Fsp3) is 0.174. The van der Waals surface area contributed by atoms with Crippen molar-refractivity contribution < 1.29 is 9.53 Å². The fourth-order valence-corrected chi connectivity index (χ4v) is 4.00. The van der Waals surface area contributed by atoms with Crippen LogP contribution in [-0.2, 0) is 6.42 Å². The molecule has 1 aliphatic rings. The maximum Gasteiger partial charge on any atom is 0.254 e. The van der Waals surface area contributed by atoms with Crippen LogP contribution in [0.25, 0.3) is 0 Å². The van der Waals surface area contributed by atoms with Crippen LogP contribution in [0.5, 0.6) is 5.75 Å². The molecular formula is C23H20ClNO2. The molecule has 1 amide bonds. The predicted molar refractivity (Wildman–Crippen MR) is 107 cm³/mol. The first-order valence-electron chi connectivity index (χ1n) is 8.96. The third kappa shape index (κ3) is 3.31. The Morgan fingerprint density at radius 2 is 1.78 bits per heavy atom. The van der Waals surface area contributed by atoms with Gasteiger partial charge in [-0.05, 0) is 41.3 Å². The molecule has 0 aliphatic carbocycles.